The van der Waals surface area contributed by atoms with Gasteiger partial charge in [-0.05, 0) is 36.8 Å². The Morgan fingerprint density at radius 3 is 2.03 bits per heavy atom. The van der Waals surface area contributed by atoms with Crippen LogP contribution in [0.15, 0.2) is 61.3 Å². The van der Waals surface area contributed by atoms with Crippen LogP contribution in [0.5, 0.6) is 0 Å². The van der Waals surface area contributed by atoms with Gasteiger partial charge in [-0.1, -0.05) is 18.2 Å². The minimum absolute atomic E-state index is 0.185. The molecule has 152 valence electrons. The molecule has 0 saturated heterocycles. The first kappa shape index (κ1) is 20.6. The van der Waals surface area contributed by atoms with Gasteiger partial charge < -0.3 is 0 Å². The minimum Gasteiger partial charge on any atom is -0.256 e. The first-order valence-corrected chi connectivity index (χ1v) is 8.33. The molecule has 29 heavy (non-hydrogen) atoms. The Labute approximate surface area is 161 Å². The Hall–Kier alpha value is -3.17. The topological polar surface area (TPSA) is 43.6 Å². The molecule has 0 aliphatic heterocycles. The highest BCUT2D eigenvalue weighted by molar-refractivity contribution is 5.78. The molecule has 0 amide bonds. The lowest BCUT2D eigenvalue weighted by atomic mass is 9.98. The second kappa shape index (κ2) is 7.69. The minimum atomic E-state index is -4.54. The summed E-state index contributed by atoms with van der Waals surface area (Å²) < 4.78 is 78.5. The zero-order valence-corrected chi connectivity index (χ0v) is 14.9. The highest BCUT2D eigenvalue weighted by Gasteiger charge is 2.31. The van der Waals surface area contributed by atoms with Gasteiger partial charge in [-0.2, -0.15) is 31.4 Å². The summed E-state index contributed by atoms with van der Waals surface area (Å²) in [5, 5.41) is 3.99. The van der Waals surface area contributed by atoms with Crippen molar-refractivity contribution in [3.8, 4) is 0 Å². The molecule has 2 aromatic heterocycles. The van der Waals surface area contributed by atoms with E-state index in [2.05, 4.69) is 15.1 Å². The van der Waals surface area contributed by atoms with Crippen LogP contribution < -0.4 is 0 Å². The van der Waals surface area contributed by atoms with Gasteiger partial charge in [0.1, 0.15) is 12.7 Å². The second-order valence-corrected chi connectivity index (χ2v) is 6.20. The van der Waals surface area contributed by atoms with Crippen LogP contribution in [0.3, 0.4) is 0 Å². The summed E-state index contributed by atoms with van der Waals surface area (Å²) >= 11 is 0. The molecule has 3 aromatic rings. The molecular formula is C19H14F6N4. The fraction of sp³-hybridized carbons (Fsp3) is 0.211. The number of hydrogen-bond donors (Lipinski definition) is 0. The molecule has 1 aromatic carbocycles. The summed E-state index contributed by atoms with van der Waals surface area (Å²) in [6.45, 7) is 1.75. The molecule has 0 aliphatic rings. The third-order valence-corrected chi connectivity index (χ3v) is 4.15. The Morgan fingerprint density at radius 1 is 0.931 bits per heavy atom. The highest BCUT2D eigenvalue weighted by Crippen LogP contribution is 2.33. The lowest BCUT2D eigenvalue weighted by molar-refractivity contribution is -0.138. The average molecular weight is 412 g/mol. The maximum absolute atomic E-state index is 12.8. The molecule has 10 heteroatoms. The van der Waals surface area contributed by atoms with Gasteiger partial charge >= 0.3 is 12.4 Å². The summed E-state index contributed by atoms with van der Waals surface area (Å²) in [6, 6.07) is 6.00. The number of allylic oxidation sites excluding steroid dienone is 1. The lowest BCUT2D eigenvalue weighted by Crippen LogP contribution is -2.08. The zero-order valence-electron chi connectivity index (χ0n) is 14.9. The summed E-state index contributed by atoms with van der Waals surface area (Å²) in [4.78, 5) is 7.70. The number of benzene rings is 1. The van der Waals surface area contributed by atoms with E-state index in [1.165, 1.54) is 35.5 Å². The fourth-order valence-corrected chi connectivity index (χ4v) is 2.63. The Bertz CT molecular complexity index is 912. The Balaban J connectivity index is 2.05. The molecule has 0 aliphatic carbocycles. The third-order valence-electron chi connectivity index (χ3n) is 4.15. The van der Waals surface area contributed by atoms with Crippen molar-refractivity contribution >= 4 is 5.57 Å². The van der Waals surface area contributed by atoms with Crippen molar-refractivity contribution in [3.05, 3.63) is 83.7 Å². The number of halogens is 6. The van der Waals surface area contributed by atoms with Crippen LogP contribution in [0.4, 0.5) is 26.3 Å². The van der Waals surface area contributed by atoms with E-state index in [9.17, 15) is 26.3 Å². The standard InChI is InChI=1S/C19H14F6N4/c1-12(29-11-26-10-28-29)8-16(13-2-4-14(5-3-13)18(20,21)22)17-7-6-15(9-27-17)19(23,24)25/h2-12H,1H3. The molecule has 3 rings (SSSR count). The van der Waals surface area contributed by atoms with Crippen LogP contribution in [-0.2, 0) is 12.4 Å². The van der Waals surface area contributed by atoms with Crippen molar-refractivity contribution in [1.29, 1.82) is 0 Å². The molecule has 0 N–H and O–H groups in total. The smallest absolute Gasteiger partial charge is 0.256 e. The molecule has 4 nitrogen and oxygen atoms in total. The van der Waals surface area contributed by atoms with Crippen LogP contribution in [0.25, 0.3) is 5.57 Å². The maximum atomic E-state index is 12.8. The van der Waals surface area contributed by atoms with E-state index in [1.807, 2.05) is 0 Å². The van der Waals surface area contributed by atoms with Gasteiger partial charge in [0.25, 0.3) is 0 Å². The summed E-state index contributed by atoms with van der Waals surface area (Å²) in [6.07, 6.45) is -3.94. The van der Waals surface area contributed by atoms with Crippen LogP contribution in [0.1, 0.15) is 35.3 Å². The van der Waals surface area contributed by atoms with E-state index in [4.69, 9.17) is 0 Å². The van der Waals surface area contributed by atoms with Crippen LogP contribution in [0.2, 0.25) is 0 Å². The van der Waals surface area contributed by atoms with Gasteiger partial charge in [-0.3, -0.25) is 4.98 Å². The van der Waals surface area contributed by atoms with Crippen LogP contribution in [0, 0.1) is 0 Å². The van der Waals surface area contributed by atoms with E-state index in [0.717, 1.165) is 18.2 Å². The predicted molar refractivity (Wildman–Crippen MR) is 92.5 cm³/mol. The lowest BCUT2D eigenvalue weighted by Gasteiger charge is -2.14. The summed E-state index contributed by atoms with van der Waals surface area (Å²) in [7, 11) is 0. The van der Waals surface area contributed by atoms with Crippen molar-refractivity contribution in [2.45, 2.75) is 25.3 Å². The number of pyridine rings is 1. The largest absolute Gasteiger partial charge is 0.417 e. The van der Waals surface area contributed by atoms with Crippen molar-refractivity contribution < 1.29 is 26.3 Å². The number of alkyl halides is 6. The average Bonchev–Trinajstić information content (AvgIpc) is 3.20. The van der Waals surface area contributed by atoms with E-state index < -0.39 is 23.5 Å². The molecular weight excluding hydrogens is 398 g/mol. The normalized spacial score (nSPS) is 14.1. The quantitative estimate of drug-likeness (QED) is 0.539. The number of nitrogens with zero attached hydrogens (tertiary/aromatic N) is 4. The molecule has 1 atom stereocenters. The third kappa shape index (κ3) is 4.82. The van der Waals surface area contributed by atoms with Gasteiger partial charge in [0, 0.05) is 11.8 Å². The van der Waals surface area contributed by atoms with Crippen LogP contribution >= 0.6 is 0 Å². The first-order valence-electron chi connectivity index (χ1n) is 8.33. The molecule has 0 fully saturated rings. The fourth-order valence-electron chi connectivity index (χ4n) is 2.63. The molecule has 2 heterocycles. The van der Waals surface area contributed by atoms with Gasteiger partial charge in [0.15, 0.2) is 0 Å². The monoisotopic (exact) mass is 412 g/mol. The van der Waals surface area contributed by atoms with Gasteiger partial charge in [-0.15, -0.1) is 0 Å². The number of aromatic nitrogens is 4. The van der Waals surface area contributed by atoms with Crippen molar-refractivity contribution in [1.82, 2.24) is 19.7 Å². The summed E-state index contributed by atoms with van der Waals surface area (Å²) in [5.41, 5.74) is -0.819. The van der Waals surface area contributed by atoms with E-state index in [0.29, 0.717) is 17.3 Å². The first-order chi connectivity index (χ1) is 13.6. The van der Waals surface area contributed by atoms with Crippen molar-refractivity contribution in [2.75, 3.05) is 0 Å². The predicted octanol–water partition coefficient (Wildman–Crippen LogP) is 5.40. The second-order valence-electron chi connectivity index (χ2n) is 6.20. The molecule has 1 unspecified atom stereocenters. The van der Waals surface area contributed by atoms with Crippen molar-refractivity contribution in [3.63, 3.8) is 0 Å². The highest BCUT2D eigenvalue weighted by atomic mass is 19.4. The van der Waals surface area contributed by atoms with E-state index in [-0.39, 0.29) is 11.7 Å². The zero-order chi connectivity index (χ0) is 21.2. The van der Waals surface area contributed by atoms with Crippen LogP contribution in [-0.4, -0.2) is 19.7 Å². The van der Waals surface area contributed by atoms with Crippen molar-refractivity contribution in [2.24, 2.45) is 0 Å². The summed E-state index contributed by atoms with van der Waals surface area (Å²) in [5.74, 6) is 0. The van der Waals surface area contributed by atoms with Gasteiger partial charge in [-0.25, -0.2) is 9.67 Å². The SMILES string of the molecule is CC(C=C(c1ccc(C(F)(F)F)cc1)c1ccc(C(F)(F)F)cn1)n1cncn1. The molecule has 0 bridgehead atoms. The molecule has 0 spiro atoms. The molecule has 0 saturated carbocycles. The maximum Gasteiger partial charge on any atom is 0.417 e. The number of hydrogen-bond acceptors (Lipinski definition) is 3. The van der Waals surface area contributed by atoms with E-state index >= 15 is 0 Å². The van der Waals surface area contributed by atoms with Gasteiger partial charge in [0.05, 0.1) is 22.9 Å². The Morgan fingerprint density at radius 2 is 1.55 bits per heavy atom. The molecule has 0 radical (unpaired) electrons. The van der Waals surface area contributed by atoms with E-state index in [1.54, 1.807) is 13.0 Å². The number of rotatable bonds is 4. The van der Waals surface area contributed by atoms with Gasteiger partial charge in [0.2, 0.25) is 0 Å². The Kier molecular flexibility index (Phi) is 5.45.